The van der Waals surface area contributed by atoms with Gasteiger partial charge in [0.15, 0.2) is 9.84 Å². The zero-order chi connectivity index (χ0) is 17.9. The molecule has 4 nitrogen and oxygen atoms in total. The van der Waals surface area contributed by atoms with E-state index in [-0.39, 0.29) is 23.5 Å². The summed E-state index contributed by atoms with van der Waals surface area (Å²) >= 11 is 0. The van der Waals surface area contributed by atoms with Gasteiger partial charge in [0.25, 0.3) is 0 Å². The number of nitrogens with zero attached hydrogens (tertiary/aromatic N) is 1. The molecule has 0 aliphatic carbocycles. The molecule has 0 saturated carbocycles. The van der Waals surface area contributed by atoms with E-state index < -0.39 is 9.84 Å². The second-order valence-electron chi connectivity index (χ2n) is 6.24. The fourth-order valence-electron chi connectivity index (χ4n) is 3.23. The van der Waals surface area contributed by atoms with Crippen LogP contribution in [0.2, 0.25) is 0 Å². The van der Waals surface area contributed by atoms with Crippen LogP contribution in [-0.4, -0.2) is 43.3 Å². The molecule has 5 heteroatoms. The molecule has 0 spiro atoms. The molecule has 1 unspecified atom stereocenters. The highest BCUT2D eigenvalue weighted by atomic mass is 32.2. The molecule has 130 valence electrons. The summed E-state index contributed by atoms with van der Waals surface area (Å²) < 4.78 is 23.4. The first-order valence-corrected chi connectivity index (χ1v) is 10.1. The van der Waals surface area contributed by atoms with Crippen LogP contribution in [0.15, 0.2) is 61.2 Å². The van der Waals surface area contributed by atoms with Crippen molar-refractivity contribution in [1.82, 2.24) is 4.90 Å². The highest BCUT2D eigenvalue weighted by molar-refractivity contribution is 7.91. The number of carbonyl (C=O) groups is 1. The largest absolute Gasteiger partial charge is 0.331 e. The molecule has 25 heavy (non-hydrogen) atoms. The van der Waals surface area contributed by atoms with Gasteiger partial charge in [-0.25, -0.2) is 8.42 Å². The first kappa shape index (κ1) is 17.4. The summed E-state index contributed by atoms with van der Waals surface area (Å²) in [6, 6.07) is 13.7. The van der Waals surface area contributed by atoms with E-state index in [1.165, 1.54) is 6.08 Å². The topological polar surface area (TPSA) is 54.5 Å². The minimum absolute atomic E-state index is 0.0364. The molecular formula is C20H21NO3S. The normalized spacial score (nSPS) is 19.3. The maximum absolute atomic E-state index is 12.6. The number of benzene rings is 2. The summed E-state index contributed by atoms with van der Waals surface area (Å²) in [4.78, 5) is 14.2. The first-order valence-electron chi connectivity index (χ1n) is 8.28. The SMILES string of the molecule is C=CCN(C(=O)/C=C/c1cccc2ccccc12)C1CCS(=O)(=O)C1. The third-order valence-corrected chi connectivity index (χ3v) is 6.24. The lowest BCUT2D eigenvalue weighted by molar-refractivity contribution is -0.127. The summed E-state index contributed by atoms with van der Waals surface area (Å²) in [6.45, 7) is 4.03. The number of hydrogen-bond acceptors (Lipinski definition) is 3. The van der Waals surface area contributed by atoms with Crippen LogP contribution in [-0.2, 0) is 14.6 Å². The number of rotatable bonds is 5. The molecule has 0 aromatic heterocycles. The minimum atomic E-state index is -3.04. The highest BCUT2D eigenvalue weighted by Crippen LogP contribution is 2.21. The number of amides is 1. The van der Waals surface area contributed by atoms with E-state index in [2.05, 4.69) is 6.58 Å². The Hall–Kier alpha value is -2.40. The summed E-state index contributed by atoms with van der Waals surface area (Å²) in [7, 11) is -3.04. The van der Waals surface area contributed by atoms with Gasteiger partial charge in [-0.05, 0) is 28.8 Å². The quantitative estimate of drug-likeness (QED) is 0.612. The summed E-state index contributed by atoms with van der Waals surface area (Å²) in [6.07, 6.45) is 5.44. The maximum Gasteiger partial charge on any atom is 0.247 e. The van der Waals surface area contributed by atoms with Crippen LogP contribution in [0, 0.1) is 0 Å². The third-order valence-electron chi connectivity index (χ3n) is 4.49. The van der Waals surface area contributed by atoms with Gasteiger partial charge in [-0.15, -0.1) is 6.58 Å². The van der Waals surface area contributed by atoms with Crippen LogP contribution < -0.4 is 0 Å². The highest BCUT2D eigenvalue weighted by Gasteiger charge is 2.33. The van der Waals surface area contributed by atoms with Crippen molar-refractivity contribution in [3.8, 4) is 0 Å². The van der Waals surface area contributed by atoms with Crippen molar-refractivity contribution in [3.05, 3.63) is 66.8 Å². The number of fused-ring (bicyclic) bond motifs is 1. The second-order valence-corrected chi connectivity index (χ2v) is 8.47. The molecule has 2 aromatic rings. The van der Waals surface area contributed by atoms with Crippen molar-refractivity contribution in [1.29, 1.82) is 0 Å². The number of hydrogen-bond donors (Lipinski definition) is 0. The first-order chi connectivity index (χ1) is 12.0. The predicted octanol–water partition coefficient (Wildman–Crippen LogP) is 3.05. The maximum atomic E-state index is 12.6. The zero-order valence-corrected chi connectivity index (χ0v) is 14.8. The molecule has 1 fully saturated rings. The van der Waals surface area contributed by atoms with Gasteiger partial charge in [-0.3, -0.25) is 4.79 Å². The number of sulfone groups is 1. The van der Waals surface area contributed by atoms with Gasteiger partial charge in [0.2, 0.25) is 5.91 Å². The Balaban J connectivity index is 1.83. The lowest BCUT2D eigenvalue weighted by atomic mass is 10.0. The molecule has 1 aliphatic rings. The van der Waals surface area contributed by atoms with E-state index in [9.17, 15) is 13.2 Å². The van der Waals surface area contributed by atoms with Crippen molar-refractivity contribution in [2.75, 3.05) is 18.1 Å². The Bertz CT molecular complexity index is 926. The van der Waals surface area contributed by atoms with Crippen LogP contribution >= 0.6 is 0 Å². The molecule has 0 bridgehead atoms. The third kappa shape index (κ3) is 3.99. The molecular weight excluding hydrogens is 334 g/mol. The van der Waals surface area contributed by atoms with Gasteiger partial charge in [0.1, 0.15) is 0 Å². The Morgan fingerprint density at radius 3 is 2.68 bits per heavy atom. The summed E-state index contributed by atoms with van der Waals surface area (Å²) in [5, 5.41) is 2.19. The van der Waals surface area contributed by atoms with Gasteiger partial charge in [-0.1, -0.05) is 48.5 Å². The van der Waals surface area contributed by atoms with E-state index in [1.54, 1.807) is 17.1 Å². The van der Waals surface area contributed by atoms with Crippen molar-refractivity contribution >= 4 is 32.6 Å². The van der Waals surface area contributed by atoms with Crippen LogP contribution in [0.25, 0.3) is 16.8 Å². The molecule has 1 saturated heterocycles. The monoisotopic (exact) mass is 355 g/mol. The van der Waals surface area contributed by atoms with Gasteiger partial charge >= 0.3 is 0 Å². The number of carbonyl (C=O) groups excluding carboxylic acids is 1. The van der Waals surface area contributed by atoms with E-state index in [0.717, 1.165) is 16.3 Å². The minimum Gasteiger partial charge on any atom is -0.331 e. The lowest BCUT2D eigenvalue weighted by Gasteiger charge is -2.25. The standard InChI is InChI=1S/C20H21NO3S/c1-2-13-21(18-12-14-25(23,24)15-18)20(22)11-10-17-8-5-7-16-6-3-4-9-19(16)17/h2-11,18H,1,12-15H2/b11-10+. The average Bonchev–Trinajstić information content (AvgIpc) is 2.97. The van der Waals surface area contributed by atoms with Crippen LogP contribution in [0.3, 0.4) is 0 Å². The van der Waals surface area contributed by atoms with Gasteiger partial charge in [0.05, 0.1) is 11.5 Å². The fraction of sp³-hybridized carbons (Fsp3) is 0.250. The molecule has 1 amide bonds. The van der Waals surface area contributed by atoms with Crippen molar-refractivity contribution in [3.63, 3.8) is 0 Å². The molecule has 0 radical (unpaired) electrons. The van der Waals surface area contributed by atoms with Gasteiger partial charge in [0, 0.05) is 18.7 Å². The van der Waals surface area contributed by atoms with Gasteiger partial charge < -0.3 is 4.90 Å². The smallest absolute Gasteiger partial charge is 0.247 e. The van der Waals surface area contributed by atoms with E-state index in [1.807, 2.05) is 42.5 Å². The zero-order valence-electron chi connectivity index (χ0n) is 14.0. The van der Waals surface area contributed by atoms with Crippen LogP contribution in [0.4, 0.5) is 0 Å². The molecule has 2 aromatic carbocycles. The summed E-state index contributed by atoms with van der Waals surface area (Å²) in [5.74, 6) is -0.00438. The van der Waals surface area contributed by atoms with Crippen molar-refractivity contribution in [2.45, 2.75) is 12.5 Å². The molecule has 3 rings (SSSR count). The predicted molar refractivity (Wildman–Crippen MR) is 102 cm³/mol. The molecule has 1 heterocycles. The Morgan fingerprint density at radius 1 is 1.20 bits per heavy atom. The van der Waals surface area contributed by atoms with Crippen LogP contribution in [0.1, 0.15) is 12.0 Å². The molecule has 1 atom stereocenters. The van der Waals surface area contributed by atoms with Crippen LogP contribution in [0.5, 0.6) is 0 Å². The van der Waals surface area contributed by atoms with E-state index in [4.69, 9.17) is 0 Å². The fourth-order valence-corrected chi connectivity index (χ4v) is 4.96. The Kier molecular flexibility index (Phi) is 5.04. The second kappa shape index (κ2) is 7.23. The van der Waals surface area contributed by atoms with Gasteiger partial charge in [-0.2, -0.15) is 0 Å². The van der Waals surface area contributed by atoms with Crippen molar-refractivity contribution < 1.29 is 13.2 Å². The molecule has 1 aliphatic heterocycles. The average molecular weight is 355 g/mol. The molecule has 0 N–H and O–H groups in total. The lowest BCUT2D eigenvalue weighted by Crippen LogP contribution is -2.40. The van der Waals surface area contributed by atoms with E-state index in [0.29, 0.717) is 13.0 Å². The Labute approximate surface area is 148 Å². The summed E-state index contributed by atoms with van der Waals surface area (Å²) in [5.41, 5.74) is 0.962. The van der Waals surface area contributed by atoms with Crippen molar-refractivity contribution in [2.24, 2.45) is 0 Å². The Morgan fingerprint density at radius 2 is 1.96 bits per heavy atom. The van der Waals surface area contributed by atoms with E-state index >= 15 is 0 Å².